The highest BCUT2D eigenvalue weighted by atomic mass is 16.1. The second-order valence-electron chi connectivity index (χ2n) is 7.90. The Morgan fingerprint density at radius 1 is 1.00 bits per heavy atom. The van der Waals surface area contributed by atoms with Gasteiger partial charge in [-0.25, -0.2) is 0 Å². The van der Waals surface area contributed by atoms with Crippen LogP contribution in [0.1, 0.15) is 43.8 Å². The van der Waals surface area contributed by atoms with E-state index in [1.165, 1.54) is 0 Å². The third kappa shape index (κ3) is 3.22. The minimum Gasteiger partial charge on any atom is -0.398 e. The number of rotatable bonds is 5. The van der Waals surface area contributed by atoms with E-state index in [1.54, 1.807) is 24.3 Å². The summed E-state index contributed by atoms with van der Waals surface area (Å²) in [6, 6.07) is 8.81. The zero-order valence-electron chi connectivity index (χ0n) is 15.8. The van der Waals surface area contributed by atoms with Gasteiger partial charge >= 0.3 is 0 Å². The summed E-state index contributed by atoms with van der Waals surface area (Å²) in [6.45, 7) is 3.61. The van der Waals surface area contributed by atoms with Crippen LogP contribution in [0.4, 0.5) is 11.4 Å². The first-order chi connectivity index (χ1) is 12.2. The molecule has 0 unspecified atom stereocenters. The Bertz CT molecular complexity index is 895. The summed E-state index contributed by atoms with van der Waals surface area (Å²) < 4.78 is 0.880. The van der Waals surface area contributed by atoms with Crippen molar-refractivity contribution in [2.24, 2.45) is 0 Å². The summed E-state index contributed by atoms with van der Waals surface area (Å²) >= 11 is 0. The molecule has 0 radical (unpaired) electrons. The van der Waals surface area contributed by atoms with E-state index in [9.17, 15) is 9.59 Å². The number of benzene rings is 2. The van der Waals surface area contributed by atoms with Crippen LogP contribution in [0.15, 0.2) is 30.3 Å². The molecular weight excluding hydrogens is 326 g/mol. The number of carbonyl (C=O) groups is 2. The highest BCUT2D eigenvalue weighted by molar-refractivity contribution is 6.32. The van der Waals surface area contributed by atoms with Crippen LogP contribution in [0, 0.1) is 6.92 Å². The Morgan fingerprint density at radius 2 is 1.58 bits per heavy atom. The van der Waals surface area contributed by atoms with Crippen molar-refractivity contribution in [3.8, 4) is 0 Å². The molecule has 3 N–H and O–H groups in total. The highest BCUT2D eigenvalue weighted by Crippen LogP contribution is 2.37. The van der Waals surface area contributed by atoms with Gasteiger partial charge in [-0.1, -0.05) is 24.3 Å². The Morgan fingerprint density at radius 3 is 2.15 bits per heavy atom. The van der Waals surface area contributed by atoms with Crippen molar-refractivity contribution in [2.45, 2.75) is 13.3 Å². The van der Waals surface area contributed by atoms with E-state index < -0.39 is 0 Å². The molecule has 3 rings (SSSR count). The average molecular weight is 352 g/mol. The van der Waals surface area contributed by atoms with E-state index in [4.69, 9.17) is 5.73 Å². The number of hydrogen-bond donors (Lipinski definition) is 2. The molecule has 0 spiro atoms. The van der Waals surface area contributed by atoms with Gasteiger partial charge in [0.05, 0.1) is 38.8 Å². The maximum Gasteiger partial charge on any atom is 0.196 e. The van der Waals surface area contributed by atoms with Crippen molar-refractivity contribution >= 4 is 22.9 Å². The summed E-state index contributed by atoms with van der Waals surface area (Å²) in [5, 5.41) is 3.36. The third-order valence-corrected chi connectivity index (χ3v) is 4.77. The lowest BCUT2D eigenvalue weighted by Crippen LogP contribution is -2.36. The van der Waals surface area contributed by atoms with Crippen LogP contribution >= 0.6 is 0 Å². The topological polar surface area (TPSA) is 72.2 Å². The lowest BCUT2D eigenvalue weighted by atomic mass is 9.81. The van der Waals surface area contributed by atoms with Crippen molar-refractivity contribution in [2.75, 3.05) is 45.3 Å². The van der Waals surface area contributed by atoms with Gasteiger partial charge in [0.2, 0.25) is 0 Å². The Labute approximate surface area is 154 Å². The number of ketones is 2. The molecule has 0 amide bonds. The predicted octanol–water partition coefficient (Wildman–Crippen LogP) is 2.86. The first-order valence-corrected chi connectivity index (χ1v) is 8.86. The average Bonchev–Trinajstić information content (AvgIpc) is 2.58. The molecule has 0 bridgehead atoms. The van der Waals surface area contributed by atoms with E-state index in [0.717, 1.165) is 29.6 Å². The molecular formula is C21H26N3O2+. The molecule has 1 aliphatic rings. The second-order valence-corrected chi connectivity index (χ2v) is 7.90. The second kappa shape index (κ2) is 6.57. The molecule has 0 aromatic heterocycles. The van der Waals surface area contributed by atoms with Gasteiger partial charge in [0.15, 0.2) is 11.6 Å². The molecule has 2 aromatic carbocycles. The van der Waals surface area contributed by atoms with Crippen molar-refractivity contribution in [1.82, 2.24) is 0 Å². The molecule has 136 valence electrons. The first kappa shape index (κ1) is 18.1. The molecule has 0 saturated heterocycles. The molecule has 26 heavy (non-hydrogen) atoms. The van der Waals surface area contributed by atoms with Crippen molar-refractivity contribution in [3.63, 3.8) is 0 Å². The zero-order chi connectivity index (χ0) is 19.1. The van der Waals surface area contributed by atoms with E-state index in [1.807, 2.05) is 13.0 Å². The van der Waals surface area contributed by atoms with Gasteiger partial charge in [0.1, 0.15) is 0 Å². The van der Waals surface area contributed by atoms with Gasteiger partial charge in [-0.05, 0) is 18.6 Å². The first-order valence-electron chi connectivity index (χ1n) is 8.86. The zero-order valence-corrected chi connectivity index (χ0v) is 15.8. The van der Waals surface area contributed by atoms with Crippen molar-refractivity contribution < 1.29 is 14.1 Å². The number of carbonyl (C=O) groups excluding carboxylic acids is 2. The molecule has 0 atom stereocenters. The SMILES string of the molecule is Cc1cc(NCCC[N+](C)(C)C)c2c(c1N)C(=O)c1ccccc1C2=O. The van der Waals surface area contributed by atoms with Crippen LogP contribution in [0.25, 0.3) is 0 Å². The summed E-state index contributed by atoms with van der Waals surface area (Å²) in [4.78, 5) is 26.1. The van der Waals surface area contributed by atoms with Crippen LogP contribution in [0.2, 0.25) is 0 Å². The van der Waals surface area contributed by atoms with Gasteiger partial charge in [-0.15, -0.1) is 0 Å². The largest absolute Gasteiger partial charge is 0.398 e. The molecule has 1 aliphatic carbocycles. The van der Waals surface area contributed by atoms with Gasteiger partial charge in [-0.3, -0.25) is 9.59 Å². The fourth-order valence-corrected chi connectivity index (χ4v) is 3.37. The van der Waals surface area contributed by atoms with E-state index in [0.29, 0.717) is 33.6 Å². The molecule has 5 heteroatoms. The Balaban J connectivity index is 2.00. The fraction of sp³-hybridized carbons (Fsp3) is 0.333. The monoisotopic (exact) mass is 352 g/mol. The van der Waals surface area contributed by atoms with Crippen LogP contribution in [-0.2, 0) is 0 Å². The number of nitrogen functional groups attached to an aromatic ring is 1. The summed E-state index contributed by atoms with van der Waals surface area (Å²) in [7, 11) is 6.44. The van der Waals surface area contributed by atoms with Crippen LogP contribution in [0.3, 0.4) is 0 Å². The molecule has 5 nitrogen and oxygen atoms in total. The maximum atomic E-state index is 13.1. The Hall–Kier alpha value is -2.66. The van der Waals surface area contributed by atoms with E-state index in [2.05, 4.69) is 26.5 Å². The number of fused-ring (bicyclic) bond motifs is 2. The lowest BCUT2D eigenvalue weighted by molar-refractivity contribution is -0.870. The third-order valence-electron chi connectivity index (χ3n) is 4.77. The molecule has 2 aromatic rings. The molecule has 0 saturated carbocycles. The van der Waals surface area contributed by atoms with Crippen molar-refractivity contribution in [3.05, 3.63) is 58.1 Å². The molecule has 0 fully saturated rings. The quantitative estimate of drug-likeness (QED) is 0.421. The lowest BCUT2D eigenvalue weighted by Gasteiger charge is -2.25. The smallest absolute Gasteiger partial charge is 0.196 e. The highest BCUT2D eigenvalue weighted by Gasteiger charge is 2.33. The van der Waals surface area contributed by atoms with Crippen LogP contribution in [0.5, 0.6) is 0 Å². The Kier molecular flexibility index (Phi) is 4.59. The molecule has 0 aliphatic heterocycles. The number of nitrogens with zero attached hydrogens (tertiary/aromatic N) is 1. The summed E-state index contributed by atoms with van der Waals surface area (Å²) in [5.74, 6) is -0.318. The number of hydrogen-bond acceptors (Lipinski definition) is 4. The van der Waals surface area contributed by atoms with Gasteiger partial charge < -0.3 is 15.5 Å². The summed E-state index contributed by atoms with van der Waals surface area (Å²) in [6.07, 6.45) is 0.959. The van der Waals surface area contributed by atoms with Gasteiger partial charge in [0, 0.05) is 35.5 Å². The maximum absolute atomic E-state index is 13.1. The number of nitrogens with two attached hydrogens (primary N) is 1. The predicted molar refractivity (Wildman–Crippen MR) is 105 cm³/mol. The van der Waals surface area contributed by atoms with Crippen LogP contribution < -0.4 is 11.1 Å². The number of quaternary nitrogens is 1. The normalized spacial score (nSPS) is 13.4. The minimum atomic E-state index is -0.175. The van der Waals surface area contributed by atoms with Crippen molar-refractivity contribution in [1.29, 1.82) is 0 Å². The van der Waals surface area contributed by atoms with E-state index >= 15 is 0 Å². The summed E-state index contributed by atoms with van der Waals surface area (Å²) in [5.41, 5.74) is 9.70. The van der Waals surface area contributed by atoms with E-state index in [-0.39, 0.29) is 11.6 Å². The number of aryl methyl sites for hydroxylation is 1. The number of nitrogens with one attached hydrogen (secondary N) is 1. The minimum absolute atomic E-state index is 0.143. The fourth-order valence-electron chi connectivity index (χ4n) is 3.37. The van der Waals surface area contributed by atoms with Crippen LogP contribution in [-0.4, -0.2) is 50.3 Å². The number of anilines is 2. The molecule has 0 heterocycles. The van der Waals surface area contributed by atoms with Gasteiger partial charge in [0.25, 0.3) is 0 Å². The standard InChI is InChI=1S/C21H25N3O2/c1-13-12-16(23-10-7-11-24(2,3)4)17-18(19(13)22)21(26)15-9-6-5-8-14(15)20(17)25/h5-6,8-9,12H,7,10-11H2,1-4H3,(H2-,22,23,25,26)/p+1. The van der Waals surface area contributed by atoms with Gasteiger partial charge in [-0.2, -0.15) is 0 Å².